The van der Waals surface area contributed by atoms with Gasteiger partial charge in [-0.2, -0.15) is 0 Å². The van der Waals surface area contributed by atoms with Crippen molar-refractivity contribution in [3.8, 4) is 11.5 Å². The maximum Gasteiger partial charge on any atom is 0.241 e. The zero-order valence-corrected chi connectivity index (χ0v) is 26.5. The first-order chi connectivity index (χ1) is 22.4. The molecule has 7 rings (SSSR count). The Hall–Kier alpha value is -4.83. The number of rotatable bonds is 5. The van der Waals surface area contributed by atoms with E-state index in [-0.39, 0.29) is 41.0 Å². The highest BCUT2D eigenvalue weighted by Crippen LogP contribution is 2.65. The zero-order valence-electron chi connectivity index (χ0n) is 25.7. The lowest BCUT2D eigenvalue weighted by molar-refractivity contribution is -0.131. The van der Waals surface area contributed by atoms with Gasteiger partial charge in [0.2, 0.25) is 23.6 Å². The van der Waals surface area contributed by atoms with Crippen molar-refractivity contribution in [1.82, 2.24) is 0 Å². The lowest BCUT2D eigenvalue weighted by Crippen LogP contribution is -2.49. The molecule has 2 aliphatic carbocycles. The molecule has 6 atom stereocenters. The van der Waals surface area contributed by atoms with E-state index in [0.717, 1.165) is 15.9 Å². The molecule has 3 aromatic rings. The zero-order chi connectivity index (χ0) is 33.5. The number of carbonyl (C=O) groups excluding carboxylic acids is 5. The summed E-state index contributed by atoms with van der Waals surface area (Å²) in [6, 6.07) is 14.6. The van der Waals surface area contributed by atoms with Gasteiger partial charge in [0.15, 0.2) is 5.78 Å². The van der Waals surface area contributed by atoms with Crippen LogP contribution in [0.2, 0.25) is 5.02 Å². The maximum absolute atomic E-state index is 14.6. The average Bonchev–Trinajstić information content (AvgIpc) is 3.42. The molecule has 3 aromatic carbocycles. The normalized spacial score (nSPS) is 28.2. The van der Waals surface area contributed by atoms with Crippen molar-refractivity contribution in [3.05, 3.63) is 94.3 Å². The van der Waals surface area contributed by atoms with E-state index in [1.54, 1.807) is 43.3 Å². The number of Topliss-reactive ketones (excluding diaryl/α,β-unsaturated/α-hetero) is 1. The van der Waals surface area contributed by atoms with Gasteiger partial charge in [-0.15, -0.1) is 0 Å². The van der Waals surface area contributed by atoms with Crippen LogP contribution in [-0.4, -0.2) is 41.6 Å². The number of ketones is 1. The molecule has 2 saturated heterocycles. The first kappa shape index (κ1) is 30.8. The third-order valence-electron chi connectivity index (χ3n) is 10.5. The van der Waals surface area contributed by atoms with Crippen molar-refractivity contribution < 1.29 is 38.2 Å². The number of hydrogen-bond acceptors (Lipinski definition) is 7. The van der Waals surface area contributed by atoms with Crippen molar-refractivity contribution in [2.45, 2.75) is 32.6 Å². The number of phenols is 1. The number of fused-ring (bicyclic) bond motifs is 4. The van der Waals surface area contributed by atoms with E-state index in [1.165, 1.54) is 32.2 Å². The Morgan fingerprint density at radius 2 is 1.66 bits per heavy atom. The largest absolute Gasteiger partial charge is 0.508 e. The molecule has 1 saturated carbocycles. The van der Waals surface area contributed by atoms with E-state index in [4.69, 9.17) is 16.3 Å². The molecule has 3 fully saturated rings. The van der Waals surface area contributed by atoms with Crippen molar-refractivity contribution >= 4 is 52.4 Å². The summed E-state index contributed by atoms with van der Waals surface area (Å²) in [4.78, 5) is 71.0. The Balaban J connectivity index is 1.37. The number of phenolic OH excluding ortho intramolecular Hbond substituents is 1. The number of ether oxygens (including phenoxy) is 1. The number of hydrogen-bond donors (Lipinski definition) is 1. The number of allylic oxidation sites excluding steroid dienone is 2. The van der Waals surface area contributed by atoms with Gasteiger partial charge in [0.1, 0.15) is 17.3 Å². The predicted octanol–water partition coefficient (Wildman–Crippen LogP) is 5.83. The van der Waals surface area contributed by atoms with E-state index in [1.807, 2.05) is 6.08 Å². The number of aromatic hydroxyl groups is 1. The molecule has 11 heteroatoms. The number of imide groups is 2. The number of carbonyl (C=O) groups is 5. The molecule has 9 nitrogen and oxygen atoms in total. The van der Waals surface area contributed by atoms with Crippen molar-refractivity contribution in [2.75, 3.05) is 16.9 Å². The number of halogens is 2. The topological polar surface area (TPSA) is 121 Å². The maximum atomic E-state index is 14.6. The van der Waals surface area contributed by atoms with Crippen molar-refractivity contribution in [2.24, 2.45) is 29.1 Å². The molecule has 240 valence electrons. The van der Waals surface area contributed by atoms with Crippen molar-refractivity contribution in [3.63, 3.8) is 0 Å². The number of benzene rings is 3. The average molecular weight is 657 g/mol. The smallest absolute Gasteiger partial charge is 0.241 e. The Morgan fingerprint density at radius 1 is 0.957 bits per heavy atom. The molecule has 47 heavy (non-hydrogen) atoms. The molecule has 0 bridgehead atoms. The molecule has 2 heterocycles. The molecular formula is C36H30ClFN2O7. The van der Waals surface area contributed by atoms with Crippen LogP contribution in [0.4, 0.5) is 15.8 Å². The Bertz CT molecular complexity index is 1940. The fourth-order valence-electron chi connectivity index (χ4n) is 8.29. The van der Waals surface area contributed by atoms with Crippen LogP contribution in [-0.2, 0) is 19.2 Å². The second kappa shape index (κ2) is 10.9. The van der Waals surface area contributed by atoms with Gasteiger partial charge in [-0.1, -0.05) is 29.3 Å². The summed E-state index contributed by atoms with van der Waals surface area (Å²) in [5.41, 5.74) is 0.397. The highest BCUT2D eigenvalue weighted by atomic mass is 35.5. The number of methoxy groups -OCH3 is 1. The number of anilines is 2. The second-order valence-electron chi connectivity index (χ2n) is 12.8. The minimum absolute atomic E-state index is 0.0854. The first-order valence-corrected chi connectivity index (χ1v) is 15.7. The van der Waals surface area contributed by atoms with Gasteiger partial charge in [-0.25, -0.2) is 9.29 Å². The Morgan fingerprint density at radius 3 is 2.32 bits per heavy atom. The van der Waals surface area contributed by atoms with Crippen LogP contribution in [0, 0.1) is 34.9 Å². The molecule has 4 amide bonds. The van der Waals surface area contributed by atoms with Crippen LogP contribution >= 0.6 is 11.6 Å². The fourth-order valence-corrected chi connectivity index (χ4v) is 8.47. The molecule has 0 aromatic heterocycles. The Labute approximate surface area is 274 Å². The van der Waals surface area contributed by atoms with Gasteiger partial charge >= 0.3 is 0 Å². The summed E-state index contributed by atoms with van der Waals surface area (Å²) < 4.78 is 19.8. The molecule has 0 radical (unpaired) electrons. The van der Waals surface area contributed by atoms with E-state index in [9.17, 15) is 33.5 Å². The molecular weight excluding hydrogens is 627 g/mol. The summed E-state index contributed by atoms with van der Waals surface area (Å²) >= 11 is 6.06. The summed E-state index contributed by atoms with van der Waals surface area (Å²) in [6.45, 7) is 3.10. The number of nitrogens with zero attached hydrogens (tertiary/aromatic N) is 2. The van der Waals surface area contributed by atoms with Gasteiger partial charge in [-0.3, -0.25) is 28.9 Å². The molecule has 0 unspecified atom stereocenters. The minimum atomic E-state index is -1.45. The molecule has 2 aliphatic heterocycles. The highest BCUT2D eigenvalue weighted by Gasteiger charge is 2.68. The third-order valence-corrected chi connectivity index (χ3v) is 10.8. The standard InChI is InChI=1S/C36H30ClFN2O7/c1-17(41)18-7-9-19(10-8-18)39-32(43)22-13-12-21-23(29(22)34(39)45)16-24-33(44)40(20-11-14-26(38)25(37)15-20)35(46)36(24,2)31(21)30-27(42)5-4-6-28(30)47-3/h4-12,14-15,22-24,29,31,42H,13,16H2,1-3H3/t22-,23+,24-,29-,31+,36+/m0/s1. The second-order valence-corrected chi connectivity index (χ2v) is 13.2. The molecule has 4 aliphatic rings. The van der Waals surface area contributed by atoms with Crippen LogP contribution in [0.1, 0.15) is 48.5 Å². The minimum Gasteiger partial charge on any atom is -0.508 e. The van der Waals surface area contributed by atoms with Gasteiger partial charge in [0.25, 0.3) is 0 Å². The molecule has 0 spiro atoms. The fraction of sp³-hybridized carbons (Fsp3) is 0.306. The first-order valence-electron chi connectivity index (χ1n) is 15.3. The summed E-state index contributed by atoms with van der Waals surface area (Å²) in [7, 11) is 1.44. The predicted molar refractivity (Wildman–Crippen MR) is 170 cm³/mol. The third kappa shape index (κ3) is 4.30. The van der Waals surface area contributed by atoms with Gasteiger partial charge in [-0.05, 0) is 87.2 Å². The van der Waals surface area contributed by atoms with E-state index in [2.05, 4.69) is 0 Å². The van der Waals surface area contributed by atoms with Crippen LogP contribution in [0.25, 0.3) is 0 Å². The van der Waals surface area contributed by atoms with E-state index < -0.39 is 58.5 Å². The lowest BCUT2D eigenvalue weighted by atomic mass is 9.51. The van der Waals surface area contributed by atoms with E-state index in [0.29, 0.717) is 28.1 Å². The SMILES string of the molecule is COc1cccc(O)c1[C@H]1C2=CC[C@@H]3C(=O)N(c4ccc(C(C)=O)cc4)C(=O)[C@@H]3[C@@H]2C[C@H]2C(=O)N(c3ccc(F)c(Cl)c3)C(=O)[C@@]12C. The summed E-state index contributed by atoms with van der Waals surface area (Å²) in [5.74, 6) is -6.70. The van der Waals surface area contributed by atoms with Crippen LogP contribution < -0.4 is 14.5 Å². The van der Waals surface area contributed by atoms with Crippen LogP contribution in [0.3, 0.4) is 0 Å². The van der Waals surface area contributed by atoms with Crippen LogP contribution in [0.5, 0.6) is 11.5 Å². The van der Waals surface area contributed by atoms with Crippen LogP contribution in [0.15, 0.2) is 72.3 Å². The summed E-state index contributed by atoms with van der Waals surface area (Å²) in [6.07, 6.45) is 2.16. The highest BCUT2D eigenvalue weighted by molar-refractivity contribution is 6.32. The van der Waals surface area contributed by atoms with Gasteiger partial charge in [0.05, 0.1) is 46.7 Å². The van der Waals surface area contributed by atoms with Gasteiger partial charge < -0.3 is 9.84 Å². The number of amides is 4. The Kier molecular flexibility index (Phi) is 7.13. The monoisotopic (exact) mass is 656 g/mol. The quantitative estimate of drug-likeness (QED) is 0.208. The van der Waals surface area contributed by atoms with E-state index >= 15 is 0 Å². The lowest BCUT2D eigenvalue weighted by Gasteiger charge is -2.49. The van der Waals surface area contributed by atoms with Gasteiger partial charge in [0, 0.05) is 17.0 Å². The van der Waals surface area contributed by atoms with Crippen molar-refractivity contribution in [1.29, 1.82) is 0 Å². The molecule has 1 N–H and O–H groups in total. The summed E-state index contributed by atoms with van der Waals surface area (Å²) in [5, 5.41) is 11.0.